The van der Waals surface area contributed by atoms with Gasteiger partial charge in [-0.1, -0.05) is 0 Å². The second-order valence-corrected chi connectivity index (χ2v) is 5.77. The summed E-state index contributed by atoms with van der Waals surface area (Å²) in [4.78, 5) is 16.3. The second kappa shape index (κ2) is 6.21. The van der Waals surface area contributed by atoms with E-state index in [1.165, 1.54) is 0 Å². The molecule has 1 saturated heterocycles. The molecule has 0 bridgehead atoms. The Kier molecular flexibility index (Phi) is 4.59. The van der Waals surface area contributed by atoms with Gasteiger partial charge in [-0.05, 0) is 50.0 Å². The Morgan fingerprint density at radius 3 is 2.60 bits per heavy atom. The van der Waals surface area contributed by atoms with Gasteiger partial charge in [0.25, 0.3) is 5.91 Å². The van der Waals surface area contributed by atoms with Gasteiger partial charge >= 0.3 is 0 Å². The van der Waals surface area contributed by atoms with Crippen LogP contribution in [0.3, 0.4) is 0 Å². The molecule has 1 aliphatic heterocycles. The highest BCUT2D eigenvalue weighted by molar-refractivity contribution is 5.96. The van der Waals surface area contributed by atoms with Gasteiger partial charge in [0.1, 0.15) is 0 Å². The first-order valence-electron chi connectivity index (χ1n) is 7.06. The van der Waals surface area contributed by atoms with Crippen molar-refractivity contribution >= 4 is 11.7 Å². The fraction of sp³-hybridized carbons (Fsp3) is 0.769. The molecule has 0 unspecified atom stereocenters. The Morgan fingerprint density at radius 2 is 2.10 bits per heavy atom. The summed E-state index contributed by atoms with van der Waals surface area (Å²) >= 11 is 0. The van der Waals surface area contributed by atoms with Crippen molar-refractivity contribution in [3.05, 3.63) is 5.69 Å². The first-order chi connectivity index (χ1) is 9.49. The quantitative estimate of drug-likeness (QED) is 0.880. The summed E-state index contributed by atoms with van der Waals surface area (Å²) in [5, 5.41) is 7.01. The van der Waals surface area contributed by atoms with Crippen LogP contribution < -0.4 is 5.73 Å². The predicted molar refractivity (Wildman–Crippen MR) is 75.1 cm³/mol. The van der Waals surface area contributed by atoms with E-state index in [4.69, 9.17) is 5.73 Å². The van der Waals surface area contributed by atoms with E-state index in [1.54, 1.807) is 4.90 Å². The maximum atomic E-state index is 12.2. The van der Waals surface area contributed by atoms with Crippen LogP contribution in [0.15, 0.2) is 4.63 Å². The molecule has 2 heterocycles. The maximum Gasteiger partial charge on any atom is 0.280 e. The minimum absolute atomic E-state index is 0.0664. The first-order valence-corrected chi connectivity index (χ1v) is 7.06. The Hall–Kier alpha value is -1.63. The predicted octanol–water partition coefficient (Wildman–Crippen LogP) is 0.844. The molecule has 0 aromatic carbocycles. The number of nitrogens with two attached hydrogens (primary N) is 1. The lowest BCUT2D eigenvalue weighted by Crippen LogP contribution is -2.42. The molecule has 1 aliphatic rings. The third-order valence-electron chi connectivity index (χ3n) is 4.05. The molecule has 0 radical (unpaired) electrons. The minimum atomic E-state index is -0.181. The van der Waals surface area contributed by atoms with Gasteiger partial charge in [-0.3, -0.25) is 4.79 Å². The van der Waals surface area contributed by atoms with E-state index in [1.807, 2.05) is 0 Å². The largest absolute Gasteiger partial charge is 0.379 e. The van der Waals surface area contributed by atoms with Crippen LogP contribution in [0, 0.1) is 5.92 Å². The average Bonchev–Trinajstić information content (AvgIpc) is 2.85. The van der Waals surface area contributed by atoms with Gasteiger partial charge in [0.05, 0.1) is 0 Å². The number of anilines is 1. The van der Waals surface area contributed by atoms with Gasteiger partial charge in [0.15, 0.2) is 0 Å². The molecule has 0 aliphatic carbocycles. The number of nitrogens with zero attached hydrogens (tertiary/aromatic N) is 4. The van der Waals surface area contributed by atoms with E-state index in [0.29, 0.717) is 12.0 Å². The zero-order valence-electron chi connectivity index (χ0n) is 12.4. The number of likely N-dealkylation sites (tertiary alicyclic amines) is 1. The molecule has 1 aromatic heterocycles. The van der Waals surface area contributed by atoms with Crippen molar-refractivity contribution in [3.63, 3.8) is 0 Å². The molecule has 0 spiro atoms. The Morgan fingerprint density at radius 1 is 1.45 bits per heavy atom. The van der Waals surface area contributed by atoms with Crippen LogP contribution in [0.25, 0.3) is 0 Å². The van der Waals surface area contributed by atoms with Crippen LogP contribution in [0.5, 0.6) is 0 Å². The monoisotopic (exact) mass is 281 g/mol. The molecule has 0 saturated carbocycles. The van der Waals surface area contributed by atoms with Crippen LogP contribution in [0.2, 0.25) is 0 Å². The Labute approximate surface area is 119 Å². The lowest BCUT2D eigenvalue weighted by molar-refractivity contribution is 0.0656. The highest BCUT2D eigenvalue weighted by Gasteiger charge is 2.27. The van der Waals surface area contributed by atoms with Gasteiger partial charge in [0, 0.05) is 25.7 Å². The average molecular weight is 281 g/mol. The van der Waals surface area contributed by atoms with Gasteiger partial charge in [0.2, 0.25) is 11.5 Å². The van der Waals surface area contributed by atoms with Gasteiger partial charge in [-0.2, -0.15) is 0 Å². The maximum absolute atomic E-state index is 12.2. The highest BCUT2D eigenvalue weighted by atomic mass is 16.6. The third kappa shape index (κ3) is 3.27. The Balaban J connectivity index is 1.85. The number of amides is 1. The molecule has 7 nitrogen and oxygen atoms in total. The summed E-state index contributed by atoms with van der Waals surface area (Å²) in [5.41, 5.74) is 5.68. The van der Waals surface area contributed by atoms with E-state index < -0.39 is 0 Å². The fourth-order valence-electron chi connectivity index (χ4n) is 2.43. The van der Waals surface area contributed by atoms with Crippen molar-refractivity contribution in [2.45, 2.75) is 32.7 Å². The second-order valence-electron chi connectivity index (χ2n) is 5.77. The summed E-state index contributed by atoms with van der Waals surface area (Å²) in [6.45, 7) is 6.94. The molecular weight excluding hydrogens is 258 g/mol. The number of hydrogen-bond donors (Lipinski definition) is 1. The Bertz CT molecular complexity index is 451. The van der Waals surface area contributed by atoms with E-state index in [-0.39, 0.29) is 17.4 Å². The van der Waals surface area contributed by atoms with Gasteiger partial charge < -0.3 is 15.5 Å². The molecule has 2 rings (SSSR count). The summed E-state index contributed by atoms with van der Waals surface area (Å²) in [5.74, 6) is 0.523. The lowest BCUT2D eigenvalue weighted by Gasteiger charge is -2.34. The molecule has 1 fully saturated rings. The lowest BCUT2D eigenvalue weighted by atomic mass is 9.95. The molecule has 0 atom stereocenters. The third-order valence-corrected chi connectivity index (χ3v) is 4.05. The van der Waals surface area contributed by atoms with Crippen molar-refractivity contribution in [1.82, 2.24) is 20.1 Å². The summed E-state index contributed by atoms with van der Waals surface area (Å²) < 4.78 is 4.48. The zero-order valence-corrected chi connectivity index (χ0v) is 12.4. The molecule has 1 aromatic rings. The van der Waals surface area contributed by atoms with Crippen LogP contribution in [-0.4, -0.2) is 58.7 Å². The number of hydrogen-bond acceptors (Lipinski definition) is 6. The topological polar surface area (TPSA) is 88.5 Å². The highest BCUT2D eigenvalue weighted by Crippen LogP contribution is 2.21. The van der Waals surface area contributed by atoms with E-state index in [9.17, 15) is 4.79 Å². The number of carbonyl (C=O) groups excluding carboxylic acids is 1. The smallest absolute Gasteiger partial charge is 0.280 e. The summed E-state index contributed by atoms with van der Waals surface area (Å²) in [7, 11) is 2.14. The van der Waals surface area contributed by atoms with Crippen molar-refractivity contribution in [2.24, 2.45) is 5.92 Å². The van der Waals surface area contributed by atoms with E-state index >= 15 is 0 Å². The van der Waals surface area contributed by atoms with Crippen molar-refractivity contribution < 1.29 is 9.42 Å². The minimum Gasteiger partial charge on any atom is -0.379 e. The van der Waals surface area contributed by atoms with Gasteiger partial charge in [-0.25, -0.2) is 4.63 Å². The zero-order chi connectivity index (χ0) is 14.7. The van der Waals surface area contributed by atoms with Crippen LogP contribution in [-0.2, 0) is 0 Å². The van der Waals surface area contributed by atoms with Crippen LogP contribution >= 0.6 is 0 Å². The first kappa shape index (κ1) is 14.8. The van der Waals surface area contributed by atoms with Crippen molar-refractivity contribution in [1.29, 1.82) is 0 Å². The number of rotatable bonds is 4. The van der Waals surface area contributed by atoms with Crippen molar-refractivity contribution in [2.75, 3.05) is 32.4 Å². The molecule has 1 amide bonds. The van der Waals surface area contributed by atoms with Crippen LogP contribution in [0.4, 0.5) is 5.82 Å². The fourth-order valence-corrected chi connectivity index (χ4v) is 2.43. The number of nitrogen functional groups attached to an aromatic ring is 1. The van der Waals surface area contributed by atoms with E-state index in [0.717, 1.165) is 32.5 Å². The summed E-state index contributed by atoms with van der Waals surface area (Å²) in [6, 6.07) is 0.552. The molecular formula is C13H23N5O2. The van der Waals surface area contributed by atoms with Crippen molar-refractivity contribution in [3.8, 4) is 0 Å². The standard InChI is InChI=1S/C13H23N5O2/c1-9(2)17(3)8-10-4-6-18(7-5-10)13(19)11-12(14)16-20-15-11/h9-10H,4-8H2,1-3H3,(H2,14,16). The summed E-state index contributed by atoms with van der Waals surface area (Å²) in [6.07, 6.45) is 2.02. The molecule has 7 heteroatoms. The molecule has 2 N–H and O–H groups in total. The molecule has 112 valence electrons. The van der Waals surface area contributed by atoms with Gasteiger partial charge in [-0.15, -0.1) is 0 Å². The number of piperidine rings is 1. The van der Waals surface area contributed by atoms with E-state index in [2.05, 4.69) is 40.7 Å². The van der Waals surface area contributed by atoms with Crippen LogP contribution in [0.1, 0.15) is 37.2 Å². The SMILES string of the molecule is CC(C)N(C)CC1CCN(C(=O)c2nonc2N)CC1. The number of carbonyl (C=O) groups is 1. The number of aromatic nitrogens is 2. The normalized spacial score (nSPS) is 17.1. The molecule has 20 heavy (non-hydrogen) atoms.